The quantitative estimate of drug-likeness (QED) is 0.271. The highest BCUT2D eigenvalue weighted by Crippen LogP contribution is 2.77. The summed E-state index contributed by atoms with van der Waals surface area (Å²) in [7, 11) is 4.11. The lowest BCUT2D eigenvalue weighted by Crippen LogP contribution is -2.65. The molecule has 0 spiro atoms. The molecule has 1 aromatic carbocycles. The van der Waals surface area contributed by atoms with E-state index in [0.29, 0.717) is 42.8 Å². The van der Waals surface area contributed by atoms with Gasteiger partial charge in [0.05, 0.1) is 11.3 Å². The summed E-state index contributed by atoms with van der Waals surface area (Å²) in [5.41, 5.74) is 5.52. The number of hydrogen-bond acceptors (Lipinski definition) is 4. The Hall–Kier alpha value is -2.70. The number of halogens is 1. The van der Waals surface area contributed by atoms with Gasteiger partial charge in [0, 0.05) is 31.1 Å². The van der Waals surface area contributed by atoms with Gasteiger partial charge < -0.3 is 14.9 Å². The summed E-state index contributed by atoms with van der Waals surface area (Å²) in [4.78, 5) is 45.7. The molecule has 0 radical (unpaired) electrons. The van der Waals surface area contributed by atoms with E-state index in [9.17, 15) is 14.7 Å². The fourth-order valence-electron chi connectivity index (χ4n) is 14.0. The maximum absolute atomic E-state index is 15.4. The van der Waals surface area contributed by atoms with E-state index in [-0.39, 0.29) is 51.1 Å². The highest BCUT2D eigenvalue weighted by molar-refractivity contribution is 6.30. The molecule has 8 atom stereocenters. The van der Waals surface area contributed by atoms with Crippen molar-refractivity contribution in [3.63, 3.8) is 0 Å². The molecule has 1 unspecified atom stereocenters. The van der Waals surface area contributed by atoms with Gasteiger partial charge in [-0.05, 0) is 164 Å². The highest BCUT2D eigenvalue weighted by atomic mass is 35.5. The largest absolute Gasteiger partial charge is 0.481 e. The normalized spacial score (nSPS) is 36.8. The van der Waals surface area contributed by atoms with Crippen LogP contribution in [0.5, 0.6) is 0 Å². The zero-order valence-corrected chi connectivity index (χ0v) is 36.0. The number of carbonyl (C=O) groups excluding carboxylic acids is 2. The Balaban J connectivity index is 1.24. The molecule has 0 saturated heterocycles. The first kappa shape index (κ1) is 40.5. The van der Waals surface area contributed by atoms with Gasteiger partial charge in [0.1, 0.15) is 0 Å². The summed E-state index contributed by atoms with van der Waals surface area (Å²) in [6.07, 6.45) is 14.6. The van der Waals surface area contributed by atoms with Crippen LogP contribution in [-0.2, 0) is 20.9 Å². The average molecular weight is 772 g/mol. The number of allylic oxidation sites excluding steroid dienone is 5. The molecule has 1 amide bonds. The number of amides is 1. The predicted molar refractivity (Wildman–Crippen MR) is 221 cm³/mol. The molecular weight excluding hydrogens is 704 g/mol. The van der Waals surface area contributed by atoms with E-state index in [2.05, 4.69) is 84.5 Å². The first-order chi connectivity index (χ1) is 25.8. The first-order valence-corrected chi connectivity index (χ1v) is 21.8. The topological polar surface area (TPSA) is 77.9 Å². The minimum absolute atomic E-state index is 0.00737. The lowest BCUT2D eigenvalue weighted by Gasteiger charge is -2.71. The SMILES string of the molecule is CC(C)C1=C2[C@H]3CC[C@@H]4[C@@]5(C)CC=C(C6=CCC(C(=O)O)CC6)C(C)(C)[C@@H]5CC[C@@]4(C)[C@]3(C)CC[C@@]2(C(=O)N(CCN(C)C)Cc2ccc(Cl)cc2)CC1=O. The van der Waals surface area contributed by atoms with E-state index >= 15 is 4.79 Å². The molecule has 0 bridgehead atoms. The second-order valence-corrected chi connectivity index (χ2v) is 21.0. The van der Waals surface area contributed by atoms with Crippen molar-refractivity contribution in [1.82, 2.24) is 9.80 Å². The summed E-state index contributed by atoms with van der Waals surface area (Å²) >= 11 is 6.27. The van der Waals surface area contributed by atoms with Gasteiger partial charge in [-0.1, -0.05) is 84.4 Å². The fraction of sp³-hybridized carbons (Fsp3) is 0.688. The van der Waals surface area contributed by atoms with Gasteiger partial charge in [-0.25, -0.2) is 0 Å². The Labute approximate surface area is 336 Å². The lowest BCUT2D eigenvalue weighted by molar-refractivity contribution is -0.200. The molecule has 7 rings (SSSR count). The number of nitrogens with zero attached hydrogens (tertiary/aromatic N) is 2. The second kappa shape index (κ2) is 14.3. The Morgan fingerprint density at radius 1 is 0.891 bits per heavy atom. The zero-order valence-electron chi connectivity index (χ0n) is 35.2. The summed E-state index contributed by atoms with van der Waals surface area (Å²) < 4.78 is 0. The van der Waals surface area contributed by atoms with Crippen LogP contribution in [0.3, 0.4) is 0 Å². The molecular formula is C48H67ClN2O4. The average Bonchev–Trinajstić information content (AvgIpc) is 3.43. The van der Waals surface area contributed by atoms with Crippen LogP contribution >= 0.6 is 11.6 Å². The van der Waals surface area contributed by atoms with E-state index in [0.717, 1.165) is 69.0 Å². The number of benzene rings is 1. The van der Waals surface area contributed by atoms with E-state index < -0.39 is 11.4 Å². The van der Waals surface area contributed by atoms with Crippen LogP contribution in [0.25, 0.3) is 0 Å². The number of aliphatic carboxylic acids is 1. The molecule has 1 aromatic rings. The van der Waals surface area contributed by atoms with Crippen molar-refractivity contribution in [1.29, 1.82) is 0 Å². The first-order valence-electron chi connectivity index (χ1n) is 21.4. The number of carboxylic acids is 1. The molecule has 3 saturated carbocycles. The van der Waals surface area contributed by atoms with Crippen molar-refractivity contribution >= 4 is 29.3 Å². The maximum Gasteiger partial charge on any atom is 0.306 e. The molecule has 0 heterocycles. The Bertz CT molecular complexity index is 1820. The van der Waals surface area contributed by atoms with Gasteiger partial charge in [0.15, 0.2) is 5.78 Å². The third-order valence-corrected chi connectivity index (χ3v) is 17.2. The van der Waals surface area contributed by atoms with E-state index in [1.807, 2.05) is 24.3 Å². The zero-order chi connectivity index (χ0) is 39.9. The monoisotopic (exact) mass is 770 g/mol. The van der Waals surface area contributed by atoms with Crippen LogP contribution in [0.1, 0.15) is 125 Å². The lowest BCUT2D eigenvalue weighted by atomic mass is 9.33. The fourth-order valence-corrected chi connectivity index (χ4v) is 14.1. The highest BCUT2D eigenvalue weighted by Gasteiger charge is 2.70. The van der Waals surface area contributed by atoms with Gasteiger partial charge in [-0.15, -0.1) is 0 Å². The van der Waals surface area contributed by atoms with Gasteiger partial charge in [-0.3, -0.25) is 14.4 Å². The van der Waals surface area contributed by atoms with E-state index in [1.54, 1.807) is 0 Å². The van der Waals surface area contributed by atoms with Gasteiger partial charge in [0.2, 0.25) is 5.91 Å². The summed E-state index contributed by atoms with van der Waals surface area (Å²) in [5, 5.41) is 10.3. The predicted octanol–water partition coefficient (Wildman–Crippen LogP) is 10.6. The van der Waals surface area contributed by atoms with E-state index in [1.165, 1.54) is 23.1 Å². The van der Waals surface area contributed by atoms with Gasteiger partial charge >= 0.3 is 5.97 Å². The number of likely N-dealkylation sites (N-methyl/N-ethyl adjacent to an activating group) is 1. The number of hydrogen-bond donors (Lipinski definition) is 1. The smallest absolute Gasteiger partial charge is 0.306 e. The standard InChI is InChI=1S/C48H67ClN2O4/c1-30(2)40-37(52)28-48(43(55)51(27-26-50(8)9)29-31-10-16-34(49)17-11-31)25-24-46(6)36(41(40)48)18-19-39-45(5)22-20-35(32-12-14-33(15-13-32)42(53)54)44(3,4)38(45)21-23-47(39,46)7/h10-12,16-17,20,30,33,36,38-39H,13-15,18-19,21-29H2,1-9H3,(H,53,54)/t33?,36-,38+,39-,45+,46-,47-,48-/m1/s1. The number of carboxylic acid groups (broad SMARTS) is 1. The Kier molecular flexibility index (Phi) is 10.5. The molecule has 6 aliphatic rings. The molecule has 0 aliphatic heterocycles. The number of carbonyl (C=O) groups is 3. The van der Waals surface area contributed by atoms with Crippen molar-refractivity contribution in [3.8, 4) is 0 Å². The van der Waals surface area contributed by atoms with Crippen LogP contribution < -0.4 is 0 Å². The van der Waals surface area contributed by atoms with Crippen molar-refractivity contribution in [3.05, 3.63) is 69.3 Å². The molecule has 7 heteroatoms. The maximum atomic E-state index is 15.4. The van der Waals surface area contributed by atoms with Gasteiger partial charge in [0.25, 0.3) is 0 Å². The van der Waals surface area contributed by atoms with Crippen LogP contribution in [0, 0.1) is 56.7 Å². The third-order valence-electron chi connectivity index (χ3n) is 16.9. The Morgan fingerprint density at radius 2 is 1.60 bits per heavy atom. The molecule has 55 heavy (non-hydrogen) atoms. The number of rotatable bonds is 9. The van der Waals surface area contributed by atoms with Crippen molar-refractivity contribution in [2.24, 2.45) is 56.7 Å². The van der Waals surface area contributed by atoms with Crippen molar-refractivity contribution in [2.45, 2.75) is 126 Å². The van der Waals surface area contributed by atoms with Crippen LogP contribution in [0.4, 0.5) is 0 Å². The molecule has 0 aromatic heterocycles. The van der Waals surface area contributed by atoms with Crippen LogP contribution in [-0.4, -0.2) is 59.8 Å². The van der Waals surface area contributed by atoms with Crippen LogP contribution in [0.2, 0.25) is 5.02 Å². The minimum atomic E-state index is -0.776. The summed E-state index contributed by atoms with van der Waals surface area (Å²) in [5.74, 6) is 0.776. The summed E-state index contributed by atoms with van der Waals surface area (Å²) in [6.45, 7) is 18.9. The Morgan fingerprint density at radius 3 is 2.22 bits per heavy atom. The van der Waals surface area contributed by atoms with Gasteiger partial charge in [-0.2, -0.15) is 0 Å². The number of fused-ring (bicyclic) bond motifs is 7. The van der Waals surface area contributed by atoms with Crippen molar-refractivity contribution in [2.75, 3.05) is 27.2 Å². The summed E-state index contributed by atoms with van der Waals surface area (Å²) in [6, 6.07) is 7.85. The molecule has 6 nitrogen and oxygen atoms in total. The molecule has 300 valence electrons. The third kappa shape index (κ3) is 6.33. The number of ketones is 1. The molecule has 3 fully saturated rings. The minimum Gasteiger partial charge on any atom is -0.481 e. The van der Waals surface area contributed by atoms with E-state index in [4.69, 9.17) is 11.6 Å². The molecule has 1 N–H and O–H groups in total. The van der Waals surface area contributed by atoms with Crippen molar-refractivity contribution < 1.29 is 19.5 Å². The number of Topliss-reactive ketones (excluding diaryl/α,β-unsaturated/α-hetero) is 1. The second-order valence-electron chi connectivity index (χ2n) is 20.5. The molecule has 6 aliphatic carbocycles. The van der Waals surface area contributed by atoms with Crippen LogP contribution in [0.15, 0.2) is 58.7 Å².